The van der Waals surface area contributed by atoms with E-state index in [1.54, 1.807) is 17.0 Å². The average molecular weight is 560 g/mol. The zero-order chi connectivity index (χ0) is 27.8. The molecule has 214 valence electrons. The molecule has 3 saturated heterocycles. The number of rotatable bonds is 4. The Labute approximate surface area is 237 Å². The van der Waals surface area contributed by atoms with Crippen LogP contribution in [0.5, 0.6) is 0 Å². The second-order valence-electron chi connectivity index (χ2n) is 11.4. The molecule has 0 aliphatic carbocycles. The Morgan fingerprint density at radius 1 is 0.949 bits per heavy atom. The van der Waals surface area contributed by atoms with Crippen LogP contribution in [0.15, 0.2) is 42.5 Å². The standard InChI is InChI=1S/C26H33ClFN3O2.C4H10N2/c1-26(2,3)33-25(32)30-16-13-22(18-30)31(21-11-12-24(28)23(27)17-21)20-9-7-19(8-10-20)29-14-5-4-6-15-29;1-2-6-4-3-5-1/h7-12,17,22H,4-6,13-16,18H2,1-3H3;5-6H,1-4H2/t22-;/m0./s1. The summed E-state index contributed by atoms with van der Waals surface area (Å²) in [5.41, 5.74) is 2.49. The number of hydrogen-bond donors (Lipinski definition) is 2. The lowest BCUT2D eigenvalue weighted by atomic mass is 10.1. The van der Waals surface area contributed by atoms with E-state index >= 15 is 0 Å². The molecule has 5 rings (SSSR count). The van der Waals surface area contributed by atoms with Gasteiger partial charge in [0.15, 0.2) is 0 Å². The molecule has 7 nitrogen and oxygen atoms in total. The fourth-order valence-corrected chi connectivity index (χ4v) is 5.40. The summed E-state index contributed by atoms with van der Waals surface area (Å²) in [7, 11) is 0. The van der Waals surface area contributed by atoms with Gasteiger partial charge in [-0.2, -0.15) is 0 Å². The lowest BCUT2D eigenvalue weighted by Crippen LogP contribution is -2.39. The normalized spacial score (nSPS) is 19.8. The number of nitrogens with zero attached hydrogens (tertiary/aromatic N) is 3. The maximum atomic E-state index is 13.9. The van der Waals surface area contributed by atoms with Crippen molar-refractivity contribution in [2.75, 3.05) is 62.2 Å². The predicted molar refractivity (Wildman–Crippen MR) is 158 cm³/mol. The first-order valence-corrected chi connectivity index (χ1v) is 14.6. The van der Waals surface area contributed by atoms with Gasteiger partial charge in [0.25, 0.3) is 0 Å². The molecule has 3 fully saturated rings. The number of anilines is 3. The number of ether oxygens (including phenoxy) is 1. The first-order chi connectivity index (χ1) is 18.7. The second kappa shape index (κ2) is 13.7. The van der Waals surface area contributed by atoms with Crippen molar-refractivity contribution in [1.82, 2.24) is 15.5 Å². The van der Waals surface area contributed by atoms with Gasteiger partial charge in [-0.3, -0.25) is 0 Å². The van der Waals surface area contributed by atoms with E-state index < -0.39 is 11.4 Å². The van der Waals surface area contributed by atoms with Gasteiger partial charge in [0, 0.05) is 69.4 Å². The molecule has 2 aromatic rings. The van der Waals surface area contributed by atoms with E-state index in [0.717, 1.165) is 57.1 Å². The third-order valence-electron chi connectivity index (χ3n) is 7.17. The number of amides is 1. The number of likely N-dealkylation sites (tertiary alicyclic amines) is 1. The van der Waals surface area contributed by atoms with Crippen molar-refractivity contribution in [3.05, 3.63) is 53.3 Å². The second-order valence-corrected chi connectivity index (χ2v) is 11.8. The predicted octanol–water partition coefficient (Wildman–Crippen LogP) is 5.80. The van der Waals surface area contributed by atoms with Crippen LogP contribution in [-0.2, 0) is 4.74 Å². The Morgan fingerprint density at radius 3 is 2.13 bits per heavy atom. The number of carbonyl (C=O) groups excluding carboxylic acids is 1. The van der Waals surface area contributed by atoms with Crippen LogP contribution < -0.4 is 20.4 Å². The van der Waals surface area contributed by atoms with E-state index in [1.807, 2.05) is 20.8 Å². The van der Waals surface area contributed by atoms with Crippen molar-refractivity contribution in [3.63, 3.8) is 0 Å². The summed E-state index contributed by atoms with van der Waals surface area (Å²) in [4.78, 5) is 19.0. The topological polar surface area (TPSA) is 60.1 Å². The van der Waals surface area contributed by atoms with Gasteiger partial charge in [0.2, 0.25) is 0 Å². The summed E-state index contributed by atoms with van der Waals surface area (Å²) in [5, 5.41) is 6.53. The molecule has 3 heterocycles. The van der Waals surface area contributed by atoms with Gasteiger partial charge in [-0.1, -0.05) is 11.6 Å². The lowest BCUT2D eigenvalue weighted by Gasteiger charge is -2.33. The van der Waals surface area contributed by atoms with Crippen LogP contribution in [0.1, 0.15) is 46.5 Å². The van der Waals surface area contributed by atoms with Crippen LogP contribution >= 0.6 is 11.6 Å². The first-order valence-electron chi connectivity index (χ1n) is 14.2. The molecule has 2 aromatic carbocycles. The maximum Gasteiger partial charge on any atom is 0.410 e. The van der Waals surface area contributed by atoms with Gasteiger partial charge < -0.3 is 30.1 Å². The third kappa shape index (κ3) is 8.47. The molecule has 39 heavy (non-hydrogen) atoms. The fourth-order valence-electron chi connectivity index (χ4n) is 5.23. The van der Waals surface area contributed by atoms with E-state index in [9.17, 15) is 9.18 Å². The Kier molecular flexibility index (Phi) is 10.3. The first kappa shape index (κ1) is 29.4. The third-order valence-corrected chi connectivity index (χ3v) is 7.46. The molecular weight excluding hydrogens is 517 g/mol. The van der Waals surface area contributed by atoms with Crippen molar-refractivity contribution in [3.8, 4) is 0 Å². The molecule has 0 saturated carbocycles. The molecule has 9 heteroatoms. The minimum Gasteiger partial charge on any atom is -0.444 e. The van der Waals surface area contributed by atoms with Gasteiger partial charge in [-0.05, 0) is 88.9 Å². The molecule has 0 aromatic heterocycles. The lowest BCUT2D eigenvalue weighted by molar-refractivity contribution is 0.0293. The molecule has 0 radical (unpaired) electrons. The van der Waals surface area contributed by atoms with Gasteiger partial charge in [0.1, 0.15) is 11.4 Å². The molecule has 0 bridgehead atoms. The summed E-state index contributed by atoms with van der Waals surface area (Å²) in [6.45, 7) is 13.5. The van der Waals surface area contributed by atoms with Crippen molar-refractivity contribution in [2.45, 2.75) is 58.1 Å². The number of halogens is 2. The Morgan fingerprint density at radius 2 is 1.56 bits per heavy atom. The monoisotopic (exact) mass is 559 g/mol. The SMILES string of the molecule is C1CNCCN1.CC(C)(C)OC(=O)N1CC[C@H](N(c2ccc(N3CCCCC3)cc2)c2ccc(F)c(Cl)c2)C1. The quantitative estimate of drug-likeness (QED) is 0.494. The zero-order valence-electron chi connectivity index (χ0n) is 23.5. The highest BCUT2D eigenvalue weighted by molar-refractivity contribution is 6.31. The maximum absolute atomic E-state index is 13.9. The molecule has 3 aliphatic rings. The van der Waals surface area contributed by atoms with E-state index in [1.165, 1.54) is 31.0 Å². The van der Waals surface area contributed by atoms with Crippen LogP contribution in [0.2, 0.25) is 5.02 Å². The van der Waals surface area contributed by atoms with E-state index in [4.69, 9.17) is 16.3 Å². The molecule has 2 N–H and O–H groups in total. The molecule has 1 atom stereocenters. The smallest absolute Gasteiger partial charge is 0.410 e. The molecule has 3 aliphatic heterocycles. The van der Waals surface area contributed by atoms with E-state index in [0.29, 0.717) is 13.1 Å². The van der Waals surface area contributed by atoms with Crippen molar-refractivity contribution < 1.29 is 13.9 Å². The average Bonchev–Trinajstić information content (AvgIpc) is 3.42. The molecule has 0 spiro atoms. The van der Waals surface area contributed by atoms with Crippen LogP contribution in [0.25, 0.3) is 0 Å². The highest BCUT2D eigenvalue weighted by Gasteiger charge is 2.34. The Balaban J connectivity index is 0.000000519. The summed E-state index contributed by atoms with van der Waals surface area (Å²) >= 11 is 6.14. The summed E-state index contributed by atoms with van der Waals surface area (Å²) in [5.74, 6) is -0.442. The Hall–Kier alpha value is -2.55. The largest absolute Gasteiger partial charge is 0.444 e. The van der Waals surface area contributed by atoms with Crippen LogP contribution in [0, 0.1) is 5.82 Å². The number of benzene rings is 2. The minimum atomic E-state index is -0.538. The minimum absolute atomic E-state index is 0.0277. The fraction of sp³-hybridized carbons (Fsp3) is 0.567. The highest BCUT2D eigenvalue weighted by atomic mass is 35.5. The summed E-state index contributed by atoms with van der Waals surface area (Å²) in [6, 6.07) is 13.3. The number of hydrogen-bond acceptors (Lipinski definition) is 6. The number of nitrogens with one attached hydrogen (secondary N) is 2. The van der Waals surface area contributed by atoms with Crippen LogP contribution in [0.4, 0.5) is 26.2 Å². The molecule has 1 amide bonds. The zero-order valence-corrected chi connectivity index (χ0v) is 24.3. The van der Waals surface area contributed by atoms with Crippen LogP contribution in [-0.4, -0.2) is 75.0 Å². The summed E-state index contributed by atoms with van der Waals surface area (Å²) in [6.07, 6.45) is 4.23. The number of piperazine rings is 1. The molecule has 0 unspecified atom stereocenters. The van der Waals surface area contributed by atoms with Gasteiger partial charge in [-0.25, -0.2) is 9.18 Å². The number of piperidine rings is 1. The van der Waals surface area contributed by atoms with Gasteiger partial charge in [0.05, 0.1) is 11.1 Å². The van der Waals surface area contributed by atoms with Gasteiger partial charge in [-0.15, -0.1) is 0 Å². The summed E-state index contributed by atoms with van der Waals surface area (Å²) < 4.78 is 19.5. The van der Waals surface area contributed by atoms with Crippen LogP contribution in [0.3, 0.4) is 0 Å². The highest BCUT2D eigenvalue weighted by Crippen LogP contribution is 2.35. The van der Waals surface area contributed by atoms with Crippen molar-refractivity contribution >= 4 is 34.8 Å². The van der Waals surface area contributed by atoms with Crippen molar-refractivity contribution in [1.29, 1.82) is 0 Å². The van der Waals surface area contributed by atoms with Crippen molar-refractivity contribution in [2.24, 2.45) is 0 Å². The van der Waals surface area contributed by atoms with Gasteiger partial charge >= 0.3 is 6.09 Å². The number of carbonyl (C=O) groups is 1. The van der Waals surface area contributed by atoms with E-state index in [2.05, 4.69) is 44.7 Å². The Bertz CT molecular complexity index is 1060. The van der Waals surface area contributed by atoms with E-state index in [-0.39, 0.29) is 17.2 Å². The molecular formula is C30H43ClFN5O2.